The van der Waals surface area contributed by atoms with Crippen molar-refractivity contribution < 1.29 is 18.3 Å². The third kappa shape index (κ3) is 2.79. The molecule has 18 heavy (non-hydrogen) atoms. The lowest BCUT2D eigenvalue weighted by Gasteiger charge is -2.26. The Labute approximate surface area is 105 Å². The number of rotatable bonds is 3. The first-order valence-electron chi connectivity index (χ1n) is 5.91. The van der Waals surface area contributed by atoms with Gasteiger partial charge in [0.05, 0.1) is 19.8 Å². The number of hydrogen-bond acceptors (Lipinski definition) is 3. The third-order valence-corrected chi connectivity index (χ3v) is 3.01. The summed E-state index contributed by atoms with van der Waals surface area (Å²) >= 11 is 0. The van der Waals surface area contributed by atoms with Gasteiger partial charge in [0, 0.05) is 31.1 Å². The maximum absolute atomic E-state index is 13.3. The van der Waals surface area contributed by atoms with Gasteiger partial charge in [-0.2, -0.15) is 0 Å². The molecule has 1 unspecified atom stereocenters. The van der Waals surface area contributed by atoms with Crippen LogP contribution in [0.5, 0.6) is 5.75 Å². The number of morpholine rings is 1. The summed E-state index contributed by atoms with van der Waals surface area (Å²) in [5, 5.41) is 3.17. The van der Waals surface area contributed by atoms with Gasteiger partial charge in [-0.25, -0.2) is 8.78 Å². The fraction of sp³-hybridized carbons (Fsp3) is 0.538. The summed E-state index contributed by atoms with van der Waals surface area (Å²) in [6, 6.07) is 4.43. The molecule has 0 aliphatic carbocycles. The van der Waals surface area contributed by atoms with Crippen LogP contribution < -0.4 is 10.1 Å². The summed E-state index contributed by atoms with van der Waals surface area (Å²) in [5.41, 5.74) is 0.649. The monoisotopic (exact) mass is 257 g/mol. The molecule has 0 spiro atoms. The normalized spacial score (nSPS) is 20.8. The van der Waals surface area contributed by atoms with Gasteiger partial charge >= 0.3 is 0 Å². The summed E-state index contributed by atoms with van der Waals surface area (Å²) in [6.45, 7) is 2.84. The number of ether oxygens (including phenoxy) is 2. The highest BCUT2D eigenvalue weighted by molar-refractivity contribution is 5.40. The molecule has 5 heteroatoms. The largest absolute Gasteiger partial charge is 0.496 e. The number of nitrogens with one attached hydrogen (secondary N) is 1. The predicted molar refractivity (Wildman–Crippen MR) is 64.1 cm³/mol. The number of methoxy groups -OCH3 is 1. The Morgan fingerprint density at radius 1 is 1.44 bits per heavy atom. The lowest BCUT2D eigenvalue weighted by Crippen LogP contribution is -2.33. The van der Waals surface area contributed by atoms with Gasteiger partial charge in [-0.1, -0.05) is 0 Å². The number of alkyl halides is 2. The second-order valence-corrected chi connectivity index (χ2v) is 4.41. The molecule has 1 atom stereocenters. The Balaban J connectivity index is 2.35. The van der Waals surface area contributed by atoms with Gasteiger partial charge < -0.3 is 14.8 Å². The lowest BCUT2D eigenvalue weighted by atomic mass is 10.0. The molecule has 1 aromatic carbocycles. The van der Waals surface area contributed by atoms with Crippen molar-refractivity contribution in [3.63, 3.8) is 0 Å². The van der Waals surface area contributed by atoms with E-state index in [0.717, 1.165) is 13.5 Å². The van der Waals surface area contributed by atoms with Gasteiger partial charge in [0.1, 0.15) is 5.75 Å². The zero-order valence-electron chi connectivity index (χ0n) is 10.5. The van der Waals surface area contributed by atoms with Crippen molar-refractivity contribution in [3.8, 4) is 5.75 Å². The molecule has 0 saturated carbocycles. The van der Waals surface area contributed by atoms with Crippen LogP contribution in [0.3, 0.4) is 0 Å². The Morgan fingerprint density at radius 2 is 2.22 bits per heavy atom. The van der Waals surface area contributed by atoms with E-state index in [1.165, 1.54) is 19.2 Å². The molecule has 1 heterocycles. The molecule has 1 saturated heterocycles. The Bertz CT molecular complexity index is 412. The molecule has 100 valence electrons. The fourth-order valence-electron chi connectivity index (χ4n) is 2.02. The van der Waals surface area contributed by atoms with E-state index in [1.54, 1.807) is 6.07 Å². The third-order valence-electron chi connectivity index (χ3n) is 3.01. The van der Waals surface area contributed by atoms with E-state index in [2.05, 4.69) is 5.32 Å². The highest BCUT2D eigenvalue weighted by Crippen LogP contribution is 2.34. The molecule has 1 fully saturated rings. The predicted octanol–water partition coefficient (Wildman–Crippen LogP) is 2.47. The minimum absolute atomic E-state index is 0.0209. The Morgan fingerprint density at radius 3 is 2.78 bits per heavy atom. The van der Waals surface area contributed by atoms with Crippen molar-refractivity contribution in [2.24, 2.45) is 0 Å². The van der Waals surface area contributed by atoms with Crippen molar-refractivity contribution in [1.29, 1.82) is 0 Å². The number of halogens is 2. The van der Waals surface area contributed by atoms with Crippen LogP contribution in [-0.4, -0.2) is 26.8 Å². The molecular formula is C13H17F2NO2. The zero-order valence-corrected chi connectivity index (χ0v) is 10.5. The van der Waals surface area contributed by atoms with E-state index >= 15 is 0 Å². The van der Waals surface area contributed by atoms with Gasteiger partial charge in [-0.05, 0) is 18.2 Å². The van der Waals surface area contributed by atoms with Crippen LogP contribution in [-0.2, 0) is 10.7 Å². The molecule has 1 aliphatic rings. The number of hydrogen-bond donors (Lipinski definition) is 1. The SMILES string of the molecule is COc1ccc(C(C)(F)F)cc1C1CNCCO1. The van der Waals surface area contributed by atoms with E-state index in [0.29, 0.717) is 24.5 Å². The molecule has 1 N–H and O–H groups in total. The molecule has 0 radical (unpaired) electrons. The average molecular weight is 257 g/mol. The molecule has 2 rings (SSSR count). The van der Waals surface area contributed by atoms with Crippen LogP contribution in [0.15, 0.2) is 18.2 Å². The first-order chi connectivity index (χ1) is 8.52. The molecule has 3 nitrogen and oxygen atoms in total. The maximum atomic E-state index is 13.3. The molecule has 0 amide bonds. The van der Waals surface area contributed by atoms with Gasteiger partial charge in [0.2, 0.25) is 0 Å². The minimum atomic E-state index is -2.86. The number of benzene rings is 1. The summed E-state index contributed by atoms with van der Waals surface area (Å²) in [4.78, 5) is 0. The summed E-state index contributed by atoms with van der Waals surface area (Å²) in [5.74, 6) is -2.28. The molecular weight excluding hydrogens is 240 g/mol. The average Bonchev–Trinajstić information content (AvgIpc) is 2.38. The quantitative estimate of drug-likeness (QED) is 0.902. The fourth-order valence-corrected chi connectivity index (χ4v) is 2.02. The van der Waals surface area contributed by atoms with Crippen molar-refractivity contribution in [2.75, 3.05) is 26.8 Å². The molecule has 0 aromatic heterocycles. The van der Waals surface area contributed by atoms with Gasteiger partial charge in [-0.3, -0.25) is 0 Å². The lowest BCUT2D eigenvalue weighted by molar-refractivity contribution is 0.0146. The van der Waals surface area contributed by atoms with E-state index in [4.69, 9.17) is 9.47 Å². The molecule has 1 aliphatic heterocycles. The highest BCUT2D eigenvalue weighted by atomic mass is 19.3. The molecule has 1 aromatic rings. The topological polar surface area (TPSA) is 30.5 Å². The van der Waals surface area contributed by atoms with Crippen molar-refractivity contribution in [2.45, 2.75) is 19.0 Å². The van der Waals surface area contributed by atoms with Crippen LogP contribution in [0.4, 0.5) is 8.78 Å². The van der Waals surface area contributed by atoms with E-state index in [-0.39, 0.29) is 11.7 Å². The minimum Gasteiger partial charge on any atom is -0.496 e. The van der Waals surface area contributed by atoms with E-state index in [1.807, 2.05) is 0 Å². The Hall–Kier alpha value is -1.20. The summed E-state index contributed by atoms with van der Waals surface area (Å²) in [7, 11) is 1.53. The standard InChI is InChI=1S/C13H17F2NO2/c1-13(14,15)9-3-4-11(17-2)10(7-9)12-8-16-5-6-18-12/h3-4,7,12,16H,5-6,8H2,1-2H3. The maximum Gasteiger partial charge on any atom is 0.270 e. The smallest absolute Gasteiger partial charge is 0.270 e. The summed E-state index contributed by atoms with van der Waals surface area (Å²) < 4.78 is 37.5. The van der Waals surface area contributed by atoms with Gasteiger partial charge in [-0.15, -0.1) is 0 Å². The van der Waals surface area contributed by atoms with Crippen molar-refractivity contribution in [3.05, 3.63) is 29.3 Å². The summed E-state index contributed by atoms with van der Waals surface area (Å²) in [6.07, 6.45) is -0.240. The van der Waals surface area contributed by atoms with Crippen LogP contribution >= 0.6 is 0 Å². The van der Waals surface area contributed by atoms with Crippen LogP contribution in [0.1, 0.15) is 24.2 Å². The zero-order chi connectivity index (χ0) is 13.2. The molecule has 0 bridgehead atoms. The first-order valence-corrected chi connectivity index (χ1v) is 5.91. The van der Waals surface area contributed by atoms with Crippen molar-refractivity contribution in [1.82, 2.24) is 5.32 Å². The van der Waals surface area contributed by atoms with Crippen molar-refractivity contribution >= 4 is 0 Å². The highest BCUT2D eigenvalue weighted by Gasteiger charge is 2.27. The second-order valence-electron chi connectivity index (χ2n) is 4.41. The van der Waals surface area contributed by atoms with E-state index < -0.39 is 5.92 Å². The van der Waals surface area contributed by atoms with E-state index in [9.17, 15) is 8.78 Å². The second kappa shape index (κ2) is 5.20. The van der Waals surface area contributed by atoms with Crippen LogP contribution in [0.2, 0.25) is 0 Å². The Kier molecular flexibility index (Phi) is 3.82. The van der Waals surface area contributed by atoms with Crippen LogP contribution in [0.25, 0.3) is 0 Å². The van der Waals surface area contributed by atoms with Gasteiger partial charge in [0.15, 0.2) is 0 Å². The van der Waals surface area contributed by atoms with Crippen LogP contribution in [0, 0.1) is 0 Å². The first kappa shape index (κ1) is 13.2. The van der Waals surface area contributed by atoms with Gasteiger partial charge in [0.25, 0.3) is 5.92 Å².